The molecule has 1 heterocycles. The third kappa shape index (κ3) is 2.79. The van der Waals surface area contributed by atoms with E-state index in [-0.39, 0.29) is 11.7 Å². The molecule has 2 aliphatic rings. The van der Waals surface area contributed by atoms with Crippen LogP contribution in [0, 0.1) is 11.8 Å². The molecule has 0 fully saturated rings. The molecule has 1 aliphatic carbocycles. The predicted octanol–water partition coefficient (Wildman–Crippen LogP) is 4.98. The minimum atomic E-state index is -0.228. The lowest BCUT2D eigenvalue weighted by Crippen LogP contribution is -2.24. The summed E-state index contributed by atoms with van der Waals surface area (Å²) in [5, 5.41) is 0. The van der Waals surface area contributed by atoms with Crippen LogP contribution < -0.4 is 4.74 Å². The number of carbonyl (C=O) groups is 1. The highest BCUT2D eigenvalue weighted by Gasteiger charge is 2.34. The van der Waals surface area contributed by atoms with Crippen molar-refractivity contribution in [1.82, 2.24) is 0 Å². The van der Waals surface area contributed by atoms with Crippen LogP contribution in [0.5, 0.6) is 5.75 Å². The molecular formula is C21H15BrO2. The van der Waals surface area contributed by atoms with Crippen LogP contribution in [0.4, 0.5) is 0 Å². The van der Waals surface area contributed by atoms with Gasteiger partial charge in [0, 0.05) is 28.4 Å². The number of ketones is 1. The summed E-state index contributed by atoms with van der Waals surface area (Å²) in [6, 6.07) is 15.8. The normalized spacial score (nSPS) is 18.9. The van der Waals surface area contributed by atoms with E-state index in [0.29, 0.717) is 6.42 Å². The number of hydrogen-bond acceptors (Lipinski definition) is 2. The Labute approximate surface area is 149 Å². The third-order valence-electron chi connectivity index (χ3n) is 4.35. The smallest absolute Gasteiger partial charge is 0.163 e. The molecule has 0 saturated carbocycles. The molecule has 0 bridgehead atoms. The number of halogens is 1. The number of ether oxygens (including phenoxy) is 1. The van der Waals surface area contributed by atoms with Gasteiger partial charge in [-0.25, -0.2) is 0 Å². The van der Waals surface area contributed by atoms with Gasteiger partial charge in [0.25, 0.3) is 0 Å². The Bertz CT molecular complexity index is 900. The maximum atomic E-state index is 12.5. The van der Waals surface area contributed by atoms with Crippen molar-refractivity contribution in [2.75, 3.05) is 0 Å². The Morgan fingerprint density at radius 3 is 2.75 bits per heavy atom. The van der Waals surface area contributed by atoms with E-state index in [1.54, 1.807) is 0 Å². The molecule has 4 rings (SSSR count). The number of carbonyl (C=O) groups excluding carboxylic acids is 1. The monoisotopic (exact) mass is 378 g/mol. The van der Waals surface area contributed by atoms with Crippen LogP contribution in [-0.4, -0.2) is 5.78 Å². The highest BCUT2D eigenvalue weighted by atomic mass is 79.9. The van der Waals surface area contributed by atoms with Gasteiger partial charge in [-0.1, -0.05) is 46.0 Å². The van der Waals surface area contributed by atoms with Gasteiger partial charge in [0.2, 0.25) is 0 Å². The molecule has 1 unspecified atom stereocenters. The highest BCUT2D eigenvalue weighted by molar-refractivity contribution is 9.10. The Hall–Kier alpha value is -2.31. The summed E-state index contributed by atoms with van der Waals surface area (Å²) in [7, 11) is 0. The van der Waals surface area contributed by atoms with E-state index in [4.69, 9.17) is 4.74 Å². The molecule has 0 N–H and O–H groups in total. The van der Waals surface area contributed by atoms with E-state index in [9.17, 15) is 4.79 Å². The van der Waals surface area contributed by atoms with Gasteiger partial charge in [-0.3, -0.25) is 4.79 Å². The number of Topliss-reactive ketones (excluding diaryl/α,β-unsaturated/α-hetero) is 1. The van der Waals surface area contributed by atoms with Gasteiger partial charge in [0.05, 0.1) is 11.5 Å². The van der Waals surface area contributed by atoms with Crippen LogP contribution in [0.25, 0.3) is 0 Å². The second-order valence-corrected chi connectivity index (χ2v) is 6.88. The molecule has 118 valence electrons. The summed E-state index contributed by atoms with van der Waals surface area (Å²) in [5.74, 6) is 8.08. The van der Waals surface area contributed by atoms with Gasteiger partial charge in [-0.15, -0.1) is 0 Å². The lowest BCUT2D eigenvalue weighted by atomic mass is 9.81. The molecule has 1 aliphatic heterocycles. The Kier molecular flexibility index (Phi) is 4.00. The van der Waals surface area contributed by atoms with Gasteiger partial charge in [0.1, 0.15) is 11.5 Å². The zero-order valence-corrected chi connectivity index (χ0v) is 14.6. The molecular weight excluding hydrogens is 364 g/mol. The minimum Gasteiger partial charge on any atom is -0.461 e. The van der Waals surface area contributed by atoms with E-state index < -0.39 is 0 Å². The van der Waals surface area contributed by atoms with Crippen LogP contribution in [0.3, 0.4) is 0 Å². The van der Waals surface area contributed by atoms with Crippen LogP contribution in [-0.2, 0) is 4.79 Å². The maximum Gasteiger partial charge on any atom is 0.163 e. The second-order valence-electron chi connectivity index (χ2n) is 5.97. The minimum absolute atomic E-state index is 0.161. The Morgan fingerprint density at radius 2 is 1.92 bits per heavy atom. The molecule has 0 amide bonds. The molecule has 0 aromatic heterocycles. The summed E-state index contributed by atoms with van der Waals surface area (Å²) in [6.07, 6.45) is 2.23. The fourth-order valence-electron chi connectivity index (χ4n) is 3.22. The van der Waals surface area contributed by atoms with E-state index in [1.165, 1.54) is 0 Å². The quantitative estimate of drug-likeness (QED) is 0.604. The van der Waals surface area contributed by atoms with Gasteiger partial charge in [-0.05, 0) is 36.8 Å². The average Bonchev–Trinajstić information content (AvgIpc) is 2.60. The molecule has 2 aromatic rings. The first kappa shape index (κ1) is 15.2. The highest BCUT2D eigenvalue weighted by Crippen LogP contribution is 2.43. The topological polar surface area (TPSA) is 26.3 Å². The van der Waals surface area contributed by atoms with Gasteiger partial charge < -0.3 is 4.74 Å². The van der Waals surface area contributed by atoms with Crippen LogP contribution in [0.2, 0.25) is 0 Å². The average molecular weight is 379 g/mol. The Balaban J connectivity index is 1.85. The summed E-state index contributed by atoms with van der Waals surface area (Å²) in [6.45, 7) is 0. The third-order valence-corrected chi connectivity index (χ3v) is 4.84. The van der Waals surface area contributed by atoms with Gasteiger partial charge in [-0.2, -0.15) is 0 Å². The number of hydrogen-bond donors (Lipinski definition) is 0. The SMILES string of the molecule is O=C1CCCC2=C1C(C#Cc1ccccc1)c1cc(Br)ccc1O2. The summed E-state index contributed by atoms with van der Waals surface area (Å²) in [5.41, 5.74) is 2.66. The molecule has 0 saturated heterocycles. The first-order valence-corrected chi connectivity index (χ1v) is 8.82. The number of rotatable bonds is 0. The van der Waals surface area contributed by atoms with Crippen LogP contribution in [0.15, 0.2) is 64.3 Å². The van der Waals surface area contributed by atoms with E-state index in [1.807, 2.05) is 48.5 Å². The molecule has 1 atom stereocenters. The van der Waals surface area contributed by atoms with Crippen molar-refractivity contribution in [1.29, 1.82) is 0 Å². The summed E-state index contributed by atoms with van der Waals surface area (Å²) in [4.78, 5) is 12.5. The van der Waals surface area contributed by atoms with Crippen molar-refractivity contribution >= 4 is 21.7 Å². The first-order valence-electron chi connectivity index (χ1n) is 8.02. The summed E-state index contributed by atoms with van der Waals surface area (Å²) >= 11 is 3.51. The second kappa shape index (κ2) is 6.30. The van der Waals surface area contributed by atoms with Gasteiger partial charge in [0.15, 0.2) is 5.78 Å². The van der Waals surface area contributed by atoms with Crippen LogP contribution in [0.1, 0.15) is 36.3 Å². The molecule has 24 heavy (non-hydrogen) atoms. The van der Waals surface area contributed by atoms with Crippen molar-refractivity contribution in [3.05, 3.63) is 75.5 Å². The van der Waals surface area contributed by atoms with E-state index >= 15 is 0 Å². The van der Waals surface area contributed by atoms with E-state index in [2.05, 4.69) is 27.8 Å². The number of fused-ring (bicyclic) bond motifs is 1. The van der Waals surface area contributed by atoms with Gasteiger partial charge >= 0.3 is 0 Å². The van der Waals surface area contributed by atoms with Crippen molar-refractivity contribution in [3.8, 4) is 17.6 Å². The maximum absolute atomic E-state index is 12.5. The zero-order chi connectivity index (χ0) is 16.5. The molecule has 2 aromatic carbocycles. The fraction of sp³-hybridized carbons (Fsp3) is 0.190. The molecule has 0 radical (unpaired) electrons. The molecule has 2 nitrogen and oxygen atoms in total. The van der Waals surface area contributed by atoms with Crippen molar-refractivity contribution in [3.63, 3.8) is 0 Å². The first-order chi connectivity index (χ1) is 11.7. The number of allylic oxidation sites excluding steroid dienone is 2. The predicted molar refractivity (Wildman–Crippen MR) is 96.7 cm³/mol. The van der Waals surface area contributed by atoms with E-state index in [0.717, 1.165) is 45.5 Å². The standard InChI is InChI=1S/C21H15BrO2/c22-15-10-12-19-17(13-15)16(11-9-14-5-2-1-3-6-14)21-18(23)7-4-8-20(21)24-19/h1-3,5-6,10,12-13,16H,4,7-8H2. The lowest BCUT2D eigenvalue weighted by molar-refractivity contribution is -0.116. The Morgan fingerprint density at radius 1 is 1.08 bits per heavy atom. The van der Waals surface area contributed by atoms with Crippen molar-refractivity contribution in [2.24, 2.45) is 0 Å². The van der Waals surface area contributed by atoms with Crippen LogP contribution >= 0.6 is 15.9 Å². The fourth-order valence-corrected chi connectivity index (χ4v) is 3.59. The lowest BCUT2D eigenvalue weighted by Gasteiger charge is -2.30. The summed E-state index contributed by atoms with van der Waals surface area (Å²) < 4.78 is 6.98. The molecule has 3 heteroatoms. The zero-order valence-electron chi connectivity index (χ0n) is 13.0. The largest absolute Gasteiger partial charge is 0.461 e. The number of benzene rings is 2. The molecule has 0 spiro atoms. The van der Waals surface area contributed by atoms with Crippen molar-refractivity contribution in [2.45, 2.75) is 25.2 Å². The van der Waals surface area contributed by atoms with Crippen molar-refractivity contribution < 1.29 is 9.53 Å².